The smallest absolute Gasteiger partial charge is 0.273 e. The Morgan fingerprint density at radius 3 is 2.61 bits per heavy atom. The zero-order valence-electron chi connectivity index (χ0n) is 19.9. The highest BCUT2D eigenvalue weighted by Gasteiger charge is 2.25. The van der Waals surface area contributed by atoms with E-state index in [9.17, 15) is 18.4 Å². The fourth-order valence-corrected chi connectivity index (χ4v) is 7.17. The first kappa shape index (κ1) is 26.2. The summed E-state index contributed by atoms with van der Waals surface area (Å²) in [4.78, 5) is 16.1. The highest BCUT2D eigenvalue weighted by atomic mass is 32.2. The molecule has 0 saturated heterocycles. The zero-order valence-corrected chi connectivity index (χ0v) is 22.3. The molecular formula is C25H28N4O4S3. The van der Waals surface area contributed by atoms with E-state index in [4.69, 9.17) is 0 Å². The standard InChI is InChI=1S/C25H28N4O4S3/c1-17-10-11-22(29(2)36(32,33)23-9-6-12-34-23)24-20(17)13-21(28-24)25(30)26-14-19(15-27-31)35-16-18-7-4-3-5-8-18/h3-13,19,27-28,31H,14-16H2,1-2H3,(H,26,30). The van der Waals surface area contributed by atoms with E-state index in [0.717, 1.165) is 33.6 Å². The molecule has 4 rings (SSSR count). The Kier molecular flexibility index (Phi) is 8.37. The van der Waals surface area contributed by atoms with E-state index >= 15 is 0 Å². The number of benzene rings is 2. The van der Waals surface area contributed by atoms with Crippen molar-refractivity contribution in [3.05, 3.63) is 82.9 Å². The average Bonchev–Trinajstić information content (AvgIpc) is 3.58. The molecule has 1 amide bonds. The summed E-state index contributed by atoms with van der Waals surface area (Å²) in [6.45, 7) is 2.58. The third-order valence-electron chi connectivity index (χ3n) is 5.82. The Labute approximate surface area is 218 Å². The molecule has 1 unspecified atom stereocenters. The highest BCUT2D eigenvalue weighted by molar-refractivity contribution is 7.99. The zero-order chi connectivity index (χ0) is 25.7. The van der Waals surface area contributed by atoms with Crippen LogP contribution in [0.1, 0.15) is 21.6 Å². The number of carbonyl (C=O) groups excluding carboxylic acids is 1. The molecule has 36 heavy (non-hydrogen) atoms. The van der Waals surface area contributed by atoms with Gasteiger partial charge in [0, 0.05) is 36.5 Å². The van der Waals surface area contributed by atoms with Crippen molar-refractivity contribution in [2.24, 2.45) is 0 Å². The van der Waals surface area contributed by atoms with E-state index < -0.39 is 10.0 Å². The van der Waals surface area contributed by atoms with Gasteiger partial charge in [-0.05, 0) is 41.6 Å². The van der Waals surface area contributed by atoms with Gasteiger partial charge in [-0.25, -0.2) is 13.9 Å². The number of H-pyrrole nitrogens is 1. The Morgan fingerprint density at radius 1 is 1.14 bits per heavy atom. The van der Waals surface area contributed by atoms with Gasteiger partial charge in [-0.15, -0.1) is 11.3 Å². The number of aryl methyl sites for hydroxylation is 1. The van der Waals surface area contributed by atoms with Gasteiger partial charge >= 0.3 is 0 Å². The number of aromatic amines is 1. The summed E-state index contributed by atoms with van der Waals surface area (Å²) in [5, 5.41) is 14.6. The number of fused-ring (bicyclic) bond motifs is 1. The van der Waals surface area contributed by atoms with E-state index in [0.29, 0.717) is 30.0 Å². The second-order valence-electron chi connectivity index (χ2n) is 8.27. The van der Waals surface area contributed by atoms with E-state index in [1.54, 1.807) is 41.4 Å². The molecule has 0 bridgehead atoms. The van der Waals surface area contributed by atoms with Gasteiger partial charge in [-0.1, -0.05) is 42.5 Å². The number of sulfonamides is 1. The summed E-state index contributed by atoms with van der Waals surface area (Å²) in [6, 6.07) is 18.6. The molecule has 2 aromatic carbocycles. The molecule has 0 spiro atoms. The lowest BCUT2D eigenvalue weighted by Gasteiger charge is -2.19. The second-order valence-corrected chi connectivity index (χ2v) is 12.7. The molecule has 0 aliphatic rings. The molecule has 4 aromatic rings. The molecule has 0 aliphatic heterocycles. The first-order chi connectivity index (χ1) is 17.3. The quantitative estimate of drug-likeness (QED) is 0.209. The monoisotopic (exact) mass is 544 g/mol. The van der Waals surface area contributed by atoms with Crippen LogP contribution in [0.3, 0.4) is 0 Å². The Balaban J connectivity index is 1.51. The van der Waals surface area contributed by atoms with E-state index in [-0.39, 0.29) is 15.4 Å². The Hall–Kier alpha value is -2.83. The molecule has 11 heteroatoms. The van der Waals surface area contributed by atoms with Crippen molar-refractivity contribution in [3.8, 4) is 0 Å². The highest BCUT2D eigenvalue weighted by Crippen LogP contribution is 2.33. The topological polar surface area (TPSA) is 115 Å². The summed E-state index contributed by atoms with van der Waals surface area (Å²) in [5.74, 6) is 0.451. The lowest BCUT2D eigenvalue weighted by atomic mass is 10.1. The fourth-order valence-electron chi connectivity index (χ4n) is 3.79. The van der Waals surface area contributed by atoms with Gasteiger partial charge in [0.15, 0.2) is 0 Å². The first-order valence-electron chi connectivity index (χ1n) is 11.3. The minimum Gasteiger partial charge on any atom is -0.350 e. The SMILES string of the molecule is Cc1ccc(N(C)S(=O)(=O)c2cccs2)c2[nH]c(C(=O)NCC(CNO)SCc3ccccc3)cc12. The van der Waals surface area contributed by atoms with Crippen LogP contribution in [-0.4, -0.2) is 49.9 Å². The molecule has 0 aliphatic carbocycles. The number of hydrogen-bond donors (Lipinski definition) is 4. The molecule has 2 aromatic heterocycles. The molecule has 0 fully saturated rings. The largest absolute Gasteiger partial charge is 0.350 e. The predicted molar refractivity (Wildman–Crippen MR) is 147 cm³/mol. The van der Waals surface area contributed by atoms with Gasteiger partial charge in [0.2, 0.25) is 0 Å². The van der Waals surface area contributed by atoms with Gasteiger partial charge in [-0.2, -0.15) is 11.8 Å². The van der Waals surface area contributed by atoms with Gasteiger partial charge < -0.3 is 15.5 Å². The van der Waals surface area contributed by atoms with Gasteiger partial charge in [0.25, 0.3) is 15.9 Å². The third-order valence-corrected chi connectivity index (χ3v) is 10.3. The van der Waals surface area contributed by atoms with E-state index in [1.807, 2.05) is 43.3 Å². The molecule has 4 N–H and O–H groups in total. The van der Waals surface area contributed by atoms with E-state index in [1.165, 1.54) is 11.4 Å². The number of aromatic nitrogens is 1. The molecule has 0 saturated carbocycles. The van der Waals surface area contributed by atoms with Crippen LogP contribution < -0.4 is 15.1 Å². The number of thiophene rings is 1. The van der Waals surface area contributed by atoms with Crippen molar-refractivity contribution in [1.29, 1.82) is 0 Å². The number of carbonyl (C=O) groups is 1. The summed E-state index contributed by atoms with van der Waals surface area (Å²) in [7, 11) is -2.21. The molecule has 0 radical (unpaired) electrons. The summed E-state index contributed by atoms with van der Waals surface area (Å²) in [6.07, 6.45) is 0. The first-order valence-corrected chi connectivity index (χ1v) is 14.6. The van der Waals surface area contributed by atoms with Crippen LogP contribution >= 0.6 is 23.1 Å². The molecule has 2 heterocycles. The van der Waals surface area contributed by atoms with Gasteiger partial charge in [0.1, 0.15) is 9.90 Å². The lowest BCUT2D eigenvalue weighted by molar-refractivity contribution is 0.0946. The number of hydroxylamine groups is 1. The minimum atomic E-state index is -3.72. The average molecular weight is 545 g/mol. The molecule has 8 nitrogen and oxygen atoms in total. The second kappa shape index (κ2) is 11.5. The normalized spacial score (nSPS) is 12.5. The predicted octanol–water partition coefficient (Wildman–Crippen LogP) is 4.37. The van der Waals surface area contributed by atoms with Crippen LogP contribution in [0.25, 0.3) is 10.9 Å². The minimum absolute atomic E-state index is 0.0529. The van der Waals surface area contributed by atoms with Crippen LogP contribution in [-0.2, 0) is 15.8 Å². The number of thioether (sulfide) groups is 1. The number of anilines is 1. The summed E-state index contributed by atoms with van der Waals surface area (Å²) in [5.41, 5.74) is 5.67. The van der Waals surface area contributed by atoms with Gasteiger partial charge in [-0.3, -0.25) is 9.10 Å². The maximum absolute atomic E-state index is 13.1. The van der Waals surface area contributed by atoms with Crippen LogP contribution in [0.2, 0.25) is 0 Å². The molecule has 1 atom stereocenters. The van der Waals surface area contributed by atoms with Crippen molar-refractivity contribution in [1.82, 2.24) is 15.8 Å². The van der Waals surface area contributed by atoms with Crippen LogP contribution in [0.15, 0.2) is 70.3 Å². The maximum atomic E-state index is 13.1. The van der Waals surface area contributed by atoms with Crippen molar-refractivity contribution < 1.29 is 18.4 Å². The van der Waals surface area contributed by atoms with Gasteiger partial charge in [0.05, 0.1) is 11.2 Å². The fraction of sp³-hybridized carbons (Fsp3) is 0.240. The Morgan fingerprint density at radius 2 is 1.92 bits per heavy atom. The van der Waals surface area contributed by atoms with E-state index in [2.05, 4.69) is 15.8 Å². The molecule has 190 valence electrons. The number of amides is 1. The number of hydrogen-bond acceptors (Lipinski definition) is 7. The molecular weight excluding hydrogens is 517 g/mol. The van der Waals surface area contributed by atoms with Crippen LogP contribution in [0.4, 0.5) is 5.69 Å². The van der Waals surface area contributed by atoms with Crippen LogP contribution in [0.5, 0.6) is 0 Å². The summed E-state index contributed by atoms with van der Waals surface area (Å²) < 4.78 is 27.6. The summed E-state index contributed by atoms with van der Waals surface area (Å²) >= 11 is 2.79. The third kappa shape index (κ3) is 5.76. The number of nitrogens with zero attached hydrogens (tertiary/aromatic N) is 1. The maximum Gasteiger partial charge on any atom is 0.273 e. The van der Waals surface area contributed by atoms with Crippen LogP contribution in [0, 0.1) is 6.92 Å². The number of nitrogens with one attached hydrogen (secondary N) is 3. The van der Waals surface area contributed by atoms with Crippen molar-refractivity contribution in [2.45, 2.75) is 22.1 Å². The van der Waals surface area contributed by atoms with Crippen molar-refractivity contribution in [2.75, 3.05) is 24.4 Å². The van der Waals surface area contributed by atoms with Crippen molar-refractivity contribution >= 4 is 55.6 Å². The van der Waals surface area contributed by atoms with Crippen molar-refractivity contribution in [3.63, 3.8) is 0 Å². The Bertz CT molecular complexity index is 1420. The lowest BCUT2D eigenvalue weighted by Crippen LogP contribution is -2.35. The number of rotatable bonds is 11.